The Morgan fingerprint density at radius 3 is 2.81 bits per heavy atom. The van der Waals surface area contributed by atoms with Gasteiger partial charge in [-0.05, 0) is 12.1 Å². The Hall–Kier alpha value is -1.91. The highest BCUT2D eigenvalue weighted by atomic mass is 19.2. The summed E-state index contributed by atoms with van der Waals surface area (Å²) in [6, 6.07) is 2.21. The van der Waals surface area contributed by atoms with Crippen molar-refractivity contribution in [2.75, 3.05) is 12.8 Å². The number of hydrogen-bond acceptors (Lipinski definition) is 3. The molecule has 1 rings (SSSR count). The van der Waals surface area contributed by atoms with Crippen molar-refractivity contribution in [1.82, 2.24) is 0 Å². The van der Waals surface area contributed by atoms with E-state index in [1.165, 1.54) is 25.3 Å². The van der Waals surface area contributed by atoms with E-state index in [2.05, 4.69) is 4.74 Å². The van der Waals surface area contributed by atoms with Gasteiger partial charge in [0.1, 0.15) is 0 Å². The first-order chi connectivity index (χ1) is 7.56. The average molecular weight is 227 g/mol. The van der Waals surface area contributed by atoms with Crippen LogP contribution in [0.15, 0.2) is 18.2 Å². The second kappa shape index (κ2) is 5.25. The van der Waals surface area contributed by atoms with E-state index < -0.39 is 17.6 Å². The largest absolute Gasteiger partial charge is 0.469 e. The second-order valence-electron chi connectivity index (χ2n) is 3.05. The first-order valence-electron chi connectivity index (χ1n) is 4.53. The van der Waals surface area contributed by atoms with E-state index in [1.807, 2.05) is 0 Å². The molecule has 0 aromatic heterocycles. The summed E-state index contributed by atoms with van der Waals surface area (Å²) in [5, 5.41) is 0. The molecule has 0 unspecified atom stereocenters. The summed E-state index contributed by atoms with van der Waals surface area (Å²) in [6.07, 6.45) is 2.59. The van der Waals surface area contributed by atoms with Crippen molar-refractivity contribution in [3.63, 3.8) is 0 Å². The number of benzene rings is 1. The number of ether oxygens (including phenoxy) is 1. The van der Waals surface area contributed by atoms with Crippen molar-refractivity contribution in [1.29, 1.82) is 0 Å². The van der Waals surface area contributed by atoms with Crippen LogP contribution in [0.25, 0.3) is 6.08 Å². The fraction of sp³-hybridized carbons (Fsp3) is 0.182. The number of anilines is 1. The van der Waals surface area contributed by atoms with Crippen LogP contribution in [0.2, 0.25) is 0 Å². The molecule has 0 bridgehead atoms. The maximum atomic E-state index is 13.2. The van der Waals surface area contributed by atoms with Crippen molar-refractivity contribution < 1.29 is 18.3 Å². The molecular formula is C11H11F2NO2. The van der Waals surface area contributed by atoms with Gasteiger partial charge in [-0.25, -0.2) is 8.78 Å². The van der Waals surface area contributed by atoms with Gasteiger partial charge in [0, 0.05) is 11.3 Å². The number of nitrogen functional groups attached to an aromatic ring is 1. The summed E-state index contributed by atoms with van der Waals surface area (Å²) in [6.45, 7) is 0. The number of methoxy groups -OCH3 is 1. The molecule has 1 aromatic carbocycles. The summed E-state index contributed by atoms with van der Waals surface area (Å²) >= 11 is 0. The van der Waals surface area contributed by atoms with Gasteiger partial charge in [0.15, 0.2) is 11.6 Å². The minimum atomic E-state index is -1.03. The molecule has 0 heterocycles. The summed E-state index contributed by atoms with van der Waals surface area (Å²) in [4.78, 5) is 10.8. The van der Waals surface area contributed by atoms with E-state index in [0.717, 1.165) is 6.07 Å². The highest BCUT2D eigenvalue weighted by Crippen LogP contribution is 2.20. The van der Waals surface area contributed by atoms with Crippen LogP contribution in [0.4, 0.5) is 14.5 Å². The average Bonchev–Trinajstić information content (AvgIpc) is 2.28. The number of hydrogen-bond donors (Lipinski definition) is 1. The normalized spacial score (nSPS) is 10.7. The summed E-state index contributed by atoms with van der Waals surface area (Å²) in [7, 11) is 1.24. The van der Waals surface area contributed by atoms with Gasteiger partial charge in [-0.3, -0.25) is 4.79 Å². The molecule has 0 spiro atoms. The molecule has 86 valence electrons. The Labute approximate surface area is 91.5 Å². The number of carbonyl (C=O) groups is 1. The monoisotopic (exact) mass is 227 g/mol. The summed E-state index contributed by atoms with van der Waals surface area (Å²) in [5.41, 5.74) is 5.51. The minimum absolute atomic E-state index is 0.0219. The molecule has 0 aliphatic heterocycles. The molecule has 0 radical (unpaired) electrons. The smallest absolute Gasteiger partial charge is 0.309 e. The quantitative estimate of drug-likeness (QED) is 0.635. The van der Waals surface area contributed by atoms with Gasteiger partial charge in [0.05, 0.1) is 13.5 Å². The Bertz CT molecular complexity index is 430. The van der Waals surface area contributed by atoms with Crippen LogP contribution in [0.5, 0.6) is 0 Å². The molecule has 0 aliphatic rings. The zero-order valence-electron chi connectivity index (χ0n) is 8.67. The zero-order chi connectivity index (χ0) is 12.1. The Balaban J connectivity index is 2.88. The molecule has 5 heteroatoms. The van der Waals surface area contributed by atoms with Crippen LogP contribution in [0.3, 0.4) is 0 Å². The van der Waals surface area contributed by atoms with E-state index in [0.29, 0.717) is 0 Å². The van der Waals surface area contributed by atoms with E-state index >= 15 is 0 Å². The lowest BCUT2D eigenvalue weighted by Crippen LogP contribution is -1.98. The van der Waals surface area contributed by atoms with Crippen LogP contribution in [-0.4, -0.2) is 13.1 Å². The third-order valence-corrected chi connectivity index (χ3v) is 1.96. The summed E-state index contributed by atoms with van der Waals surface area (Å²) < 4.78 is 30.5. The molecular weight excluding hydrogens is 216 g/mol. The van der Waals surface area contributed by atoms with Crippen LogP contribution in [-0.2, 0) is 9.53 Å². The third kappa shape index (κ3) is 2.79. The van der Waals surface area contributed by atoms with Gasteiger partial charge in [0.2, 0.25) is 0 Å². The van der Waals surface area contributed by atoms with Crippen molar-refractivity contribution >= 4 is 17.7 Å². The third-order valence-electron chi connectivity index (χ3n) is 1.96. The molecule has 0 atom stereocenters. The van der Waals surface area contributed by atoms with Crippen molar-refractivity contribution in [3.05, 3.63) is 35.4 Å². The van der Waals surface area contributed by atoms with Gasteiger partial charge in [0.25, 0.3) is 0 Å². The lowest BCUT2D eigenvalue weighted by atomic mass is 10.1. The molecule has 0 amide bonds. The Kier molecular flexibility index (Phi) is 3.99. The van der Waals surface area contributed by atoms with E-state index in [9.17, 15) is 13.6 Å². The van der Waals surface area contributed by atoms with Crippen molar-refractivity contribution in [2.45, 2.75) is 6.42 Å². The van der Waals surface area contributed by atoms with E-state index in [-0.39, 0.29) is 17.7 Å². The topological polar surface area (TPSA) is 52.3 Å². The van der Waals surface area contributed by atoms with Crippen LogP contribution in [0, 0.1) is 11.6 Å². The van der Waals surface area contributed by atoms with E-state index in [4.69, 9.17) is 5.73 Å². The predicted molar refractivity (Wildman–Crippen MR) is 56.4 cm³/mol. The molecule has 0 aliphatic carbocycles. The molecule has 3 nitrogen and oxygen atoms in total. The van der Waals surface area contributed by atoms with Gasteiger partial charge in [-0.15, -0.1) is 0 Å². The zero-order valence-corrected chi connectivity index (χ0v) is 8.67. The Morgan fingerprint density at radius 1 is 1.50 bits per heavy atom. The number of carbonyl (C=O) groups excluding carboxylic acids is 1. The molecule has 0 saturated carbocycles. The minimum Gasteiger partial charge on any atom is -0.469 e. The molecule has 2 N–H and O–H groups in total. The maximum absolute atomic E-state index is 13.2. The lowest BCUT2D eigenvalue weighted by Gasteiger charge is -2.02. The summed E-state index contributed by atoms with van der Waals surface area (Å²) in [5.74, 6) is -2.47. The standard InChI is InChI=1S/C11H11F2NO2/c1-16-10(15)4-2-3-7-9(14)6-5-8(12)11(7)13/h2-3,5-6H,4,14H2,1H3. The molecule has 0 fully saturated rings. The molecule has 1 aromatic rings. The highest BCUT2D eigenvalue weighted by molar-refractivity contribution is 5.74. The number of nitrogens with two attached hydrogens (primary N) is 1. The van der Waals surface area contributed by atoms with Crippen LogP contribution < -0.4 is 5.73 Å². The van der Waals surface area contributed by atoms with Crippen LogP contribution >= 0.6 is 0 Å². The van der Waals surface area contributed by atoms with Crippen molar-refractivity contribution in [2.24, 2.45) is 0 Å². The van der Waals surface area contributed by atoms with Crippen molar-refractivity contribution in [3.8, 4) is 0 Å². The Morgan fingerprint density at radius 2 is 2.19 bits per heavy atom. The fourth-order valence-electron chi connectivity index (χ4n) is 1.11. The van der Waals surface area contributed by atoms with Gasteiger partial charge >= 0.3 is 5.97 Å². The van der Waals surface area contributed by atoms with Gasteiger partial charge in [-0.2, -0.15) is 0 Å². The lowest BCUT2D eigenvalue weighted by molar-refractivity contribution is -0.139. The number of esters is 1. The molecule has 0 saturated heterocycles. The number of rotatable bonds is 3. The van der Waals surface area contributed by atoms with Gasteiger partial charge in [-0.1, -0.05) is 12.2 Å². The molecule has 16 heavy (non-hydrogen) atoms. The fourth-order valence-corrected chi connectivity index (χ4v) is 1.11. The van der Waals surface area contributed by atoms with E-state index in [1.54, 1.807) is 0 Å². The number of halogens is 2. The van der Waals surface area contributed by atoms with Crippen LogP contribution in [0.1, 0.15) is 12.0 Å². The highest BCUT2D eigenvalue weighted by Gasteiger charge is 2.08. The van der Waals surface area contributed by atoms with Gasteiger partial charge < -0.3 is 10.5 Å². The predicted octanol–water partition coefficient (Wildman–Crippen LogP) is 2.12. The SMILES string of the molecule is COC(=O)CC=Cc1c(N)ccc(F)c1F. The second-order valence-corrected chi connectivity index (χ2v) is 3.05. The first kappa shape index (κ1) is 12.2. The maximum Gasteiger partial charge on any atom is 0.309 e. The first-order valence-corrected chi connectivity index (χ1v) is 4.53.